The first-order valence-electron chi connectivity index (χ1n) is 12.5. The van der Waals surface area contributed by atoms with Crippen molar-refractivity contribution in [3.63, 3.8) is 0 Å². The first-order valence-corrected chi connectivity index (χ1v) is 13.3. The molecule has 8 heteroatoms. The zero-order valence-electron chi connectivity index (χ0n) is 22.0. The van der Waals surface area contributed by atoms with E-state index in [2.05, 4.69) is 71.0 Å². The van der Waals surface area contributed by atoms with Gasteiger partial charge < -0.3 is 28.7 Å². The first kappa shape index (κ1) is 27.0. The number of imidazole rings is 1. The molecule has 7 nitrogen and oxygen atoms in total. The van der Waals surface area contributed by atoms with Crippen LogP contribution in [0.25, 0.3) is 34.1 Å². The highest BCUT2D eigenvalue weighted by Gasteiger charge is 2.17. The second-order valence-corrected chi connectivity index (χ2v) is 10.3. The molecule has 0 aliphatic carbocycles. The highest BCUT2D eigenvalue weighted by molar-refractivity contribution is 9.10. The highest BCUT2D eigenvalue weighted by Crippen LogP contribution is 2.35. The number of benzene rings is 2. The largest absolute Gasteiger partial charge is 0.494 e. The minimum Gasteiger partial charge on any atom is -0.494 e. The molecule has 0 aliphatic heterocycles. The van der Waals surface area contributed by atoms with Crippen molar-refractivity contribution >= 4 is 15.9 Å². The molecule has 1 N–H and O–H groups in total. The summed E-state index contributed by atoms with van der Waals surface area (Å²) in [4.78, 5) is 12.7. The number of halogens is 1. The van der Waals surface area contributed by atoms with E-state index in [0.717, 1.165) is 59.9 Å². The Bertz CT molecular complexity index is 1170. The fraction of sp³-hybridized carbons (Fsp3) is 0.345. The quantitative estimate of drug-likeness (QED) is 0.188. The third-order valence-electron chi connectivity index (χ3n) is 5.82. The molecular formula is C29H35BrN4O3. The van der Waals surface area contributed by atoms with Gasteiger partial charge in [-0.2, -0.15) is 0 Å². The van der Waals surface area contributed by atoms with Gasteiger partial charge in [0.15, 0.2) is 16.3 Å². The molecule has 0 spiro atoms. The number of aromatic nitrogens is 2. The lowest BCUT2D eigenvalue weighted by Gasteiger charge is -2.11. The van der Waals surface area contributed by atoms with Gasteiger partial charge in [-0.25, -0.2) is 4.98 Å². The van der Waals surface area contributed by atoms with Crippen LogP contribution in [-0.2, 0) is 0 Å². The van der Waals surface area contributed by atoms with E-state index in [1.54, 1.807) is 0 Å². The number of ether oxygens (including phenoxy) is 2. The molecule has 0 aliphatic rings. The van der Waals surface area contributed by atoms with Crippen molar-refractivity contribution in [1.82, 2.24) is 19.8 Å². The standard InChI is InChI=1S/C29H35BrN4O3/c1-33(2)17-5-19-35-23-11-7-21(8-12-23)27-28(32-29(31-27)25-15-16-26(30)37-25)22-9-13-24(14-10-22)36-20-6-18-34(3)4/h7-16H,5-6,17-20H2,1-4H3,(H,31,32). The number of hydrogen-bond donors (Lipinski definition) is 1. The molecule has 0 atom stereocenters. The minimum atomic E-state index is 0.661. The number of furan rings is 1. The zero-order valence-corrected chi connectivity index (χ0v) is 23.5. The second kappa shape index (κ2) is 12.9. The van der Waals surface area contributed by atoms with Crippen LogP contribution in [-0.4, -0.2) is 74.3 Å². The van der Waals surface area contributed by atoms with Gasteiger partial charge in [-0.1, -0.05) is 0 Å². The molecule has 0 amide bonds. The summed E-state index contributed by atoms with van der Waals surface area (Å²) in [5.41, 5.74) is 3.78. The van der Waals surface area contributed by atoms with Gasteiger partial charge in [0, 0.05) is 24.2 Å². The molecule has 4 rings (SSSR count). The van der Waals surface area contributed by atoms with Gasteiger partial charge in [0.05, 0.1) is 24.6 Å². The van der Waals surface area contributed by atoms with Crippen LogP contribution in [0.2, 0.25) is 0 Å². The fourth-order valence-corrected chi connectivity index (χ4v) is 4.22. The third kappa shape index (κ3) is 7.71. The average molecular weight is 568 g/mol. The first-order chi connectivity index (χ1) is 17.9. The number of nitrogens with one attached hydrogen (secondary N) is 1. The van der Waals surface area contributed by atoms with Crippen molar-refractivity contribution in [2.24, 2.45) is 0 Å². The molecule has 4 aromatic rings. The number of hydrogen-bond acceptors (Lipinski definition) is 6. The maximum Gasteiger partial charge on any atom is 0.174 e. The molecular weight excluding hydrogens is 532 g/mol. The maximum absolute atomic E-state index is 5.92. The Morgan fingerprint density at radius 1 is 0.757 bits per heavy atom. The van der Waals surface area contributed by atoms with E-state index >= 15 is 0 Å². The van der Waals surface area contributed by atoms with Gasteiger partial charge in [0.1, 0.15) is 11.5 Å². The molecule has 0 bridgehead atoms. The molecule has 0 radical (unpaired) electrons. The highest BCUT2D eigenvalue weighted by atomic mass is 79.9. The van der Waals surface area contributed by atoms with E-state index in [-0.39, 0.29) is 0 Å². The summed E-state index contributed by atoms with van der Waals surface area (Å²) in [5.74, 6) is 3.05. The number of nitrogens with zero attached hydrogens (tertiary/aromatic N) is 3. The van der Waals surface area contributed by atoms with Crippen LogP contribution in [0.3, 0.4) is 0 Å². The lowest BCUT2D eigenvalue weighted by atomic mass is 10.0. The van der Waals surface area contributed by atoms with E-state index in [9.17, 15) is 0 Å². The average Bonchev–Trinajstić information content (AvgIpc) is 3.52. The van der Waals surface area contributed by atoms with Crippen LogP contribution in [0.15, 0.2) is 69.8 Å². The molecule has 196 valence electrons. The van der Waals surface area contributed by atoms with E-state index in [4.69, 9.17) is 18.9 Å². The van der Waals surface area contributed by atoms with E-state index in [0.29, 0.717) is 29.5 Å². The third-order valence-corrected chi connectivity index (χ3v) is 6.24. The Kier molecular flexibility index (Phi) is 9.44. The number of H-pyrrole nitrogens is 1. The summed E-state index contributed by atoms with van der Waals surface area (Å²) >= 11 is 3.39. The van der Waals surface area contributed by atoms with E-state index < -0.39 is 0 Å². The summed E-state index contributed by atoms with van der Waals surface area (Å²) in [6.07, 6.45) is 1.96. The maximum atomic E-state index is 5.92. The van der Waals surface area contributed by atoms with Crippen LogP contribution in [0, 0.1) is 0 Å². The van der Waals surface area contributed by atoms with Crippen molar-refractivity contribution in [1.29, 1.82) is 0 Å². The predicted molar refractivity (Wildman–Crippen MR) is 152 cm³/mol. The summed E-state index contributed by atoms with van der Waals surface area (Å²) in [7, 11) is 8.27. The Labute approximate surface area is 227 Å². The van der Waals surface area contributed by atoms with E-state index in [1.807, 2.05) is 48.5 Å². The Hall–Kier alpha value is -3.07. The van der Waals surface area contributed by atoms with Crippen LogP contribution in [0.1, 0.15) is 12.8 Å². The van der Waals surface area contributed by atoms with Crippen molar-refractivity contribution in [3.8, 4) is 45.6 Å². The summed E-state index contributed by atoms with van der Waals surface area (Å²) in [6.45, 7) is 3.38. The van der Waals surface area contributed by atoms with Crippen LogP contribution >= 0.6 is 15.9 Å². The van der Waals surface area contributed by atoms with Crippen LogP contribution < -0.4 is 9.47 Å². The summed E-state index contributed by atoms with van der Waals surface area (Å²) < 4.78 is 18.3. The molecule has 0 saturated carbocycles. The van der Waals surface area contributed by atoms with Gasteiger partial charge in [0.25, 0.3) is 0 Å². The van der Waals surface area contributed by atoms with Crippen molar-refractivity contribution in [3.05, 3.63) is 65.3 Å². The Balaban J connectivity index is 1.54. The van der Waals surface area contributed by atoms with Crippen molar-refractivity contribution in [2.45, 2.75) is 12.8 Å². The van der Waals surface area contributed by atoms with Crippen molar-refractivity contribution in [2.75, 3.05) is 54.5 Å². The molecule has 2 aromatic heterocycles. The molecule has 2 aromatic carbocycles. The molecule has 0 saturated heterocycles. The summed E-state index contributed by atoms with van der Waals surface area (Å²) in [5, 5.41) is 0. The lowest BCUT2D eigenvalue weighted by Crippen LogP contribution is -2.15. The van der Waals surface area contributed by atoms with Gasteiger partial charge in [-0.3, -0.25) is 0 Å². The van der Waals surface area contributed by atoms with Gasteiger partial charge in [0.2, 0.25) is 0 Å². The normalized spacial score (nSPS) is 11.4. The van der Waals surface area contributed by atoms with Gasteiger partial charge >= 0.3 is 0 Å². The molecule has 0 fully saturated rings. The lowest BCUT2D eigenvalue weighted by molar-refractivity contribution is 0.281. The van der Waals surface area contributed by atoms with Gasteiger partial charge in [-0.15, -0.1) is 0 Å². The topological polar surface area (TPSA) is 66.8 Å². The Morgan fingerprint density at radius 2 is 1.30 bits per heavy atom. The van der Waals surface area contributed by atoms with Crippen LogP contribution in [0.4, 0.5) is 0 Å². The molecule has 2 heterocycles. The predicted octanol–water partition coefficient (Wildman–Crippen LogP) is 6.43. The second-order valence-electron chi connectivity index (χ2n) is 9.47. The molecule has 0 unspecified atom stereocenters. The number of aromatic amines is 1. The minimum absolute atomic E-state index is 0.661. The smallest absolute Gasteiger partial charge is 0.174 e. The monoisotopic (exact) mass is 566 g/mol. The fourth-order valence-electron chi connectivity index (χ4n) is 3.92. The summed E-state index contributed by atoms with van der Waals surface area (Å²) in [6, 6.07) is 20.0. The zero-order chi connectivity index (χ0) is 26.2. The molecule has 37 heavy (non-hydrogen) atoms. The number of rotatable bonds is 13. The SMILES string of the molecule is CN(C)CCCOc1ccc(-c2nc(-c3ccc(Br)o3)[nH]c2-c2ccc(OCCCN(C)C)cc2)cc1. The van der Waals surface area contributed by atoms with E-state index in [1.165, 1.54) is 0 Å². The van der Waals surface area contributed by atoms with Crippen molar-refractivity contribution < 1.29 is 13.9 Å². The van der Waals surface area contributed by atoms with Gasteiger partial charge in [-0.05, 0) is 118 Å². The van der Waals surface area contributed by atoms with Crippen LogP contribution in [0.5, 0.6) is 11.5 Å². The Morgan fingerprint density at radius 3 is 1.78 bits per heavy atom.